The number of nitrogens with zero attached hydrogens (tertiary/aromatic N) is 3. The highest BCUT2D eigenvalue weighted by Gasteiger charge is 2.28. The zero-order valence-electron chi connectivity index (χ0n) is 17.6. The van der Waals surface area contributed by atoms with Crippen LogP contribution in [0.1, 0.15) is 35.8 Å². The van der Waals surface area contributed by atoms with E-state index in [9.17, 15) is 4.79 Å². The van der Waals surface area contributed by atoms with Crippen molar-refractivity contribution >= 4 is 17.5 Å². The zero-order chi connectivity index (χ0) is 19.7. The van der Waals surface area contributed by atoms with Crippen LogP contribution in [-0.4, -0.2) is 41.9 Å². The van der Waals surface area contributed by atoms with Gasteiger partial charge in [-0.25, -0.2) is 9.97 Å². The van der Waals surface area contributed by atoms with Crippen molar-refractivity contribution in [2.75, 3.05) is 36.2 Å². The van der Waals surface area contributed by atoms with Crippen molar-refractivity contribution in [2.24, 2.45) is 0 Å². The molecule has 0 aromatic carbocycles. The fraction of sp³-hybridized carbons (Fsp3) is 0.583. The lowest BCUT2D eigenvalue weighted by Gasteiger charge is -2.32. The van der Waals surface area contributed by atoms with Gasteiger partial charge in [0.05, 0.1) is 5.48 Å². The molecular weight excluding hydrogens is 230 g/mol. The smallest absolute Gasteiger partial charge is 0.226 e. The van der Waals surface area contributed by atoms with Gasteiger partial charge in [0.25, 0.3) is 0 Å². The van der Waals surface area contributed by atoms with Gasteiger partial charge in [-0.2, -0.15) is 0 Å². The molecule has 0 unspecified atom stereocenters. The minimum atomic E-state index is -2.99. The summed E-state index contributed by atoms with van der Waals surface area (Å²) < 4.78 is 64.2. The second-order valence-electron chi connectivity index (χ2n) is 4.05. The molecule has 2 aliphatic rings. The lowest BCUT2D eigenvalue weighted by molar-refractivity contribution is -0.116. The highest BCUT2D eigenvalue weighted by molar-refractivity contribution is 5.94. The van der Waals surface area contributed by atoms with Crippen molar-refractivity contribution < 1.29 is 15.8 Å². The summed E-state index contributed by atoms with van der Waals surface area (Å²) in [6.45, 7) is -10.2. The van der Waals surface area contributed by atoms with Crippen LogP contribution in [0.3, 0.4) is 0 Å². The SMILES string of the molecule is [2H]C1([2H])NC([2H])([2H])C([2H])([2H])N(c2ncnc3c2[C@H](C)CC(=O)N3)C1([2H])[2H]. The molecule has 0 spiro atoms. The molecule has 1 amide bonds. The first-order valence-corrected chi connectivity index (χ1v) is 5.47. The molecule has 0 radical (unpaired) electrons. The number of carbonyl (C=O) groups is 1. The Morgan fingerprint density at radius 3 is 3.00 bits per heavy atom. The second kappa shape index (κ2) is 4.53. The first kappa shape index (κ1) is 5.52. The van der Waals surface area contributed by atoms with E-state index in [1.165, 1.54) is 0 Å². The third kappa shape index (κ3) is 1.92. The largest absolute Gasteiger partial charge is 0.354 e. The molecule has 3 heterocycles. The Labute approximate surface area is 117 Å². The number of hydrogen-bond donors (Lipinski definition) is 2. The van der Waals surface area contributed by atoms with E-state index in [-0.39, 0.29) is 29.5 Å². The third-order valence-electron chi connectivity index (χ3n) is 2.78. The van der Waals surface area contributed by atoms with Crippen LogP contribution < -0.4 is 15.5 Å². The number of carbonyl (C=O) groups excluding carboxylic acids is 1. The van der Waals surface area contributed by atoms with Gasteiger partial charge in [-0.05, 0) is 5.92 Å². The summed E-state index contributed by atoms with van der Waals surface area (Å²) in [5.41, 5.74) is 0.230. The van der Waals surface area contributed by atoms with Crippen molar-refractivity contribution in [1.29, 1.82) is 0 Å². The van der Waals surface area contributed by atoms with Gasteiger partial charge in [0.15, 0.2) is 0 Å². The van der Waals surface area contributed by atoms with Crippen molar-refractivity contribution in [1.82, 2.24) is 15.3 Å². The molecule has 1 saturated heterocycles. The lowest BCUT2D eigenvalue weighted by atomic mass is 9.94. The molecule has 1 aromatic rings. The van der Waals surface area contributed by atoms with E-state index in [0.29, 0.717) is 4.90 Å². The summed E-state index contributed by atoms with van der Waals surface area (Å²) in [4.78, 5) is 19.9. The van der Waals surface area contributed by atoms with Crippen molar-refractivity contribution in [3.05, 3.63) is 11.9 Å². The fourth-order valence-corrected chi connectivity index (χ4v) is 2.01. The molecule has 18 heavy (non-hydrogen) atoms. The summed E-state index contributed by atoms with van der Waals surface area (Å²) in [5.74, 6) is -1.03. The van der Waals surface area contributed by atoms with Gasteiger partial charge in [-0.15, -0.1) is 0 Å². The summed E-state index contributed by atoms with van der Waals surface area (Å²) in [5, 5.41) is 4.27. The number of aromatic nitrogens is 2. The number of anilines is 2. The van der Waals surface area contributed by atoms with E-state index < -0.39 is 31.9 Å². The molecule has 6 heteroatoms. The summed E-state index contributed by atoms with van der Waals surface area (Å²) in [6, 6.07) is 0. The maximum atomic E-state index is 11.7. The van der Waals surface area contributed by atoms with Crippen LogP contribution in [0.15, 0.2) is 6.33 Å². The molecule has 2 aliphatic heterocycles. The van der Waals surface area contributed by atoms with Crippen LogP contribution in [0.2, 0.25) is 0 Å². The Morgan fingerprint density at radius 1 is 1.44 bits per heavy atom. The van der Waals surface area contributed by atoms with E-state index in [2.05, 4.69) is 15.3 Å². The highest BCUT2D eigenvalue weighted by atomic mass is 16.1. The number of fused-ring (bicyclic) bond motifs is 1. The molecule has 0 aliphatic carbocycles. The number of piperazine rings is 1. The number of amides is 1. The first-order valence-electron chi connectivity index (χ1n) is 9.47. The number of rotatable bonds is 1. The molecule has 96 valence electrons. The second-order valence-corrected chi connectivity index (χ2v) is 4.05. The van der Waals surface area contributed by atoms with E-state index in [1.54, 1.807) is 12.2 Å². The summed E-state index contributed by atoms with van der Waals surface area (Å²) in [7, 11) is 0. The average molecular weight is 255 g/mol. The lowest BCUT2D eigenvalue weighted by Crippen LogP contribution is -2.44. The van der Waals surface area contributed by atoms with Crippen LogP contribution >= 0.6 is 0 Å². The van der Waals surface area contributed by atoms with Crippen molar-refractivity contribution in [3.63, 3.8) is 0 Å². The molecule has 3 rings (SSSR count). The Balaban J connectivity index is 2.27. The topological polar surface area (TPSA) is 70.1 Å². The molecule has 0 bridgehead atoms. The van der Waals surface area contributed by atoms with E-state index in [4.69, 9.17) is 11.0 Å². The molecule has 0 saturated carbocycles. The monoisotopic (exact) mass is 255 g/mol. The maximum Gasteiger partial charge on any atom is 0.226 e. The van der Waals surface area contributed by atoms with Crippen LogP contribution in [0.25, 0.3) is 0 Å². The average Bonchev–Trinajstić information content (AvgIpc) is 2.43. The number of nitrogens with one attached hydrogen (secondary N) is 2. The molecule has 1 aromatic heterocycles. The Hall–Kier alpha value is -1.69. The van der Waals surface area contributed by atoms with Gasteiger partial charge in [0, 0.05) is 43.5 Å². The van der Waals surface area contributed by atoms with E-state index in [0.717, 1.165) is 6.33 Å². The maximum absolute atomic E-state index is 11.7. The van der Waals surface area contributed by atoms with Gasteiger partial charge >= 0.3 is 0 Å². The predicted octanol–water partition coefficient (Wildman–Crippen LogP) is 0.332. The normalized spacial score (nSPS) is 41.3. The fourth-order valence-electron chi connectivity index (χ4n) is 2.01. The Kier molecular flexibility index (Phi) is 1.39. The molecule has 6 nitrogen and oxygen atoms in total. The molecule has 2 N–H and O–H groups in total. The Bertz CT molecular complexity index is 744. The van der Waals surface area contributed by atoms with Crippen LogP contribution in [0.5, 0.6) is 0 Å². The minimum Gasteiger partial charge on any atom is -0.354 e. The van der Waals surface area contributed by atoms with Gasteiger partial charge in [0.1, 0.15) is 18.0 Å². The van der Waals surface area contributed by atoms with Gasteiger partial charge < -0.3 is 15.5 Å². The molecule has 1 fully saturated rings. The Morgan fingerprint density at radius 2 is 2.22 bits per heavy atom. The van der Waals surface area contributed by atoms with Gasteiger partial charge in [-0.1, -0.05) is 6.92 Å². The third-order valence-corrected chi connectivity index (χ3v) is 2.78. The summed E-state index contributed by atoms with van der Waals surface area (Å²) >= 11 is 0. The quantitative estimate of drug-likeness (QED) is 0.757. The van der Waals surface area contributed by atoms with E-state index in [1.807, 2.05) is 0 Å². The predicted molar refractivity (Wildman–Crippen MR) is 68.8 cm³/mol. The standard InChI is InChI=1S/C12H17N5O/c1-8-6-9(18)16-11-10(8)12(15-7-14-11)17-4-2-13-3-5-17/h7-8,13H,2-6H2,1H3,(H,14,15,16,18)/t8-/m1/s1/i2D2,3D2,4D2,5D2. The highest BCUT2D eigenvalue weighted by Crippen LogP contribution is 2.36. The first-order chi connectivity index (χ1) is 11.7. The minimum absolute atomic E-state index is 0.0330. The van der Waals surface area contributed by atoms with E-state index >= 15 is 0 Å². The van der Waals surface area contributed by atoms with Gasteiger partial charge in [-0.3, -0.25) is 4.79 Å². The van der Waals surface area contributed by atoms with Crippen LogP contribution in [-0.2, 0) is 4.79 Å². The van der Waals surface area contributed by atoms with Crippen molar-refractivity contribution in [2.45, 2.75) is 19.3 Å². The van der Waals surface area contributed by atoms with Crippen LogP contribution in [0, 0.1) is 0 Å². The molecular formula is C12H17N5O. The molecule has 1 atom stereocenters. The van der Waals surface area contributed by atoms with Crippen molar-refractivity contribution in [3.8, 4) is 0 Å². The van der Waals surface area contributed by atoms with Gasteiger partial charge in [0.2, 0.25) is 5.91 Å². The zero-order valence-corrected chi connectivity index (χ0v) is 9.61. The van der Waals surface area contributed by atoms with Crippen LogP contribution in [0.4, 0.5) is 11.6 Å². The number of hydrogen-bond acceptors (Lipinski definition) is 5. The summed E-state index contributed by atoms with van der Waals surface area (Å²) in [6.07, 6.45) is 1.02.